The maximum absolute atomic E-state index is 2.99. The number of halogens is 2. The predicted octanol–water partition coefficient (Wildman–Crippen LogP) is 9.32. The molecule has 7 aromatic carbocycles. The number of fused-ring (bicyclic) bond motifs is 5. The fourth-order valence-electron chi connectivity index (χ4n) is 7.78. The van der Waals surface area contributed by atoms with Gasteiger partial charge in [0, 0.05) is 0 Å². The molecule has 1 aliphatic carbocycles. The van der Waals surface area contributed by atoms with Gasteiger partial charge < -0.3 is 24.8 Å². The Hall–Kier alpha value is -3.49. The van der Waals surface area contributed by atoms with Gasteiger partial charge >= 0.3 is 145 Å². The van der Waals surface area contributed by atoms with Crippen molar-refractivity contribution in [2.24, 2.45) is 0 Å². The Labute approximate surface area is 376 Å². The fraction of sp³-hybridized carbons (Fsp3) is 0.309. The molecular weight excluding hydrogens is 910 g/mol. The van der Waals surface area contributed by atoms with Crippen molar-refractivity contribution in [2.45, 2.75) is 111 Å². The Morgan fingerprint density at radius 2 is 0.845 bits per heavy atom. The summed E-state index contributed by atoms with van der Waals surface area (Å²) in [5, 5.41) is 10.8. The van der Waals surface area contributed by atoms with E-state index in [-0.39, 0.29) is 46.5 Å². The molecule has 0 heterocycles. The molecule has 0 unspecified atom stereocenters. The van der Waals surface area contributed by atoms with Gasteiger partial charge in [-0.05, 0) is 21.7 Å². The van der Waals surface area contributed by atoms with Gasteiger partial charge in [-0.25, -0.2) is 12.2 Å². The van der Waals surface area contributed by atoms with E-state index in [1.165, 1.54) is 79.7 Å². The van der Waals surface area contributed by atoms with Crippen molar-refractivity contribution in [1.29, 1.82) is 0 Å². The summed E-state index contributed by atoms with van der Waals surface area (Å²) in [5.41, 5.74) is 9.10. The molecule has 0 radical (unpaired) electrons. The van der Waals surface area contributed by atoms with E-state index in [1.807, 2.05) is 12.2 Å². The van der Waals surface area contributed by atoms with E-state index in [1.54, 1.807) is 0 Å². The van der Waals surface area contributed by atoms with Crippen molar-refractivity contribution in [2.75, 3.05) is 0 Å². The molecule has 0 N–H and O–H groups in total. The van der Waals surface area contributed by atoms with E-state index < -0.39 is 0 Å². The fourth-order valence-corrected chi connectivity index (χ4v) is 8.90. The Morgan fingerprint density at radius 3 is 1.16 bits per heavy atom. The van der Waals surface area contributed by atoms with E-state index in [4.69, 9.17) is 0 Å². The van der Waals surface area contributed by atoms with Crippen molar-refractivity contribution >= 4 is 46.3 Å². The van der Waals surface area contributed by atoms with E-state index >= 15 is 0 Å². The summed E-state index contributed by atoms with van der Waals surface area (Å²) in [7, 11) is 0. The molecule has 0 aliphatic heterocycles. The Balaban J connectivity index is 0.000000227. The second-order valence-corrected chi connectivity index (χ2v) is 21.4. The van der Waals surface area contributed by atoms with E-state index in [0.717, 1.165) is 30.3 Å². The van der Waals surface area contributed by atoms with Crippen molar-refractivity contribution in [3.05, 3.63) is 173 Å². The van der Waals surface area contributed by atoms with Crippen LogP contribution in [0, 0.1) is 6.08 Å². The van der Waals surface area contributed by atoms with Crippen LogP contribution >= 0.6 is 0 Å². The molecular formula is C55H60Cl2Hf-2. The number of rotatable bonds is 2. The van der Waals surface area contributed by atoms with Gasteiger partial charge in [0.05, 0.1) is 0 Å². The zero-order chi connectivity index (χ0) is 40.6. The number of benzene rings is 6. The molecule has 0 fully saturated rings. The molecule has 0 saturated heterocycles. The third-order valence-corrected chi connectivity index (χ3v) is 12.9. The van der Waals surface area contributed by atoms with Gasteiger partial charge in [0.2, 0.25) is 0 Å². The van der Waals surface area contributed by atoms with Gasteiger partial charge in [-0.3, -0.25) is 6.08 Å². The first-order valence-corrected chi connectivity index (χ1v) is 22.0. The number of allylic oxidation sites excluding steroid dienone is 4. The van der Waals surface area contributed by atoms with Crippen LogP contribution in [0.5, 0.6) is 0 Å². The van der Waals surface area contributed by atoms with Gasteiger partial charge in [-0.15, -0.1) is 46.2 Å². The van der Waals surface area contributed by atoms with Crippen LogP contribution in [0.25, 0.3) is 43.1 Å². The molecule has 58 heavy (non-hydrogen) atoms. The zero-order valence-electron chi connectivity index (χ0n) is 36.7. The average molecular weight is 970 g/mol. The first-order chi connectivity index (χ1) is 26.2. The third kappa shape index (κ3) is 10.8. The van der Waals surface area contributed by atoms with Gasteiger partial charge in [0.15, 0.2) is 0 Å². The van der Waals surface area contributed by atoms with Crippen molar-refractivity contribution in [3.63, 3.8) is 0 Å². The second-order valence-electron chi connectivity index (χ2n) is 19.6. The monoisotopic (exact) mass is 970 g/mol. The molecule has 0 spiro atoms. The minimum absolute atomic E-state index is 0. The molecule has 0 bridgehead atoms. The summed E-state index contributed by atoms with van der Waals surface area (Å²) in [6.07, 6.45) is 10.0. The van der Waals surface area contributed by atoms with Crippen LogP contribution in [-0.4, -0.2) is 3.26 Å². The van der Waals surface area contributed by atoms with Crippen LogP contribution in [0.1, 0.15) is 123 Å². The number of hydrogen-bond donors (Lipinski definition) is 0. The minimum atomic E-state index is 0. The van der Waals surface area contributed by atoms with Crippen molar-refractivity contribution < 1.29 is 48.7 Å². The SMILES string of the molecule is CC(C)(C)c1cc2[cH-]c3cc(C(C)(C)C)c(C(C)(C)C)cc3c2cc1C(C)(C)C.[C-]1=CC=CC1.[Cl-].[Cl-].[Hf+2]=[C](c1ccc2ccccc2c1)c1ccc2ccccc2c1. The van der Waals surface area contributed by atoms with Crippen LogP contribution in [0.15, 0.2) is 133 Å². The van der Waals surface area contributed by atoms with Crippen LogP contribution in [0.3, 0.4) is 0 Å². The van der Waals surface area contributed by atoms with Gasteiger partial charge in [0.25, 0.3) is 0 Å². The normalized spacial score (nSPS) is 12.8. The standard InChI is InChI=1S/C29H41.C21H14.C5H5.2ClH.Hf/c1-26(2,3)22-14-18-13-19-15-23(27(4,5)6)25(29(10,11)12)17-21(19)20(18)16-24(22)28(7,8)9;1-3-7-20-14-16(9-11-18(20)5-1)13-17-10-12-19-6-2-4-8-21(19)15-17;1-2-4-5-3-1;;;/h13-17H,1-12H3;1-12,14-15H;1-3H,4H2;2*1H;/q-1;;-1;;;+2/p-2. The van der Waals surface area contributed by atoms with Gasteiger partial charge in [-0.2, -0.15) is 6.08 Å². The summed E-state index contributed by atoms with van der Waals surface area (Å²) >= 11 is 1.03. The first-order valence-electron chi connectivity index (χ1n) is 20.2. The van der Waals surface area contributed by atoms with Crippen LogP contribution in [0.4, 0.5) is 0 Å². The Bertz CT molecular complexity index is 2430. The molecule has 1 aliphatic rings. The average Bonchev–Trinajstić information content (AvgIpc) is 3.84. The van der Waals surface area contributed by atoms with E-state index in [2.05, 4.69) is 210 Å². The first kappa shape index (κ1) is 47.2. The van der Waals surface area contributed by atoms with Crippen molar-refractivity contribution in [3.8, 4) is 0 Å². The number of hydrogen-bond acceptors (Lipinski definition) is 0. The molecule has 0 aromatic heterocycles. The van der Waals surface area contributed by atoms with Gasteiger partial charge in [0.1, 0.15) is 0 Å². The topological polar surface area (TPSA) is 0 Å². The molecule has 0 amide bonds. The third-order valence-electron chi connectivity index (χ3n) is 10.9. The maximum atomic E-state index is 2.99. The molecule has 300 valence electrons. The second kappa shape index (κ2) is 18.4. The molecule has 7 aromatic rings. The van der Waals surface area contributed by atoms with Crippen LogP contribution in [0.2, 0.25) is 0 Å². The quantitative estimate of drug-likeness (QED) is 0.120. The molecule has 0 nitrogen and oxygen atoms in total. The van der Waals surface area contributed by atoms with Crippen LogP contribution in [-0.2, 0) is 45.6 Å². The van der Waals surface area contributed by atoms with Gasteiger partial charge in [-0.1, -0.05) is 117 Å². The predicted molar refractivity (Wildman–Crippen MR) is 245 cm³/mol. The van der Waals surface area contributed by atoms with E-state index in [9.17, 15) is 0 Å². The Morgan fingerprint density at radius 1 is 0.483 bits per heavy atom. The Kier molecular flexibility index (Phi) is 15.0. The molecule has 0 atom stereocenters. The summed E-state index contributed by atoms with van der Waals surface area (Å²) < 4.78 is 1.46. The summed E-state index contributed by atoms with van der Waals surface area (Å²) in [4.78, 5) is 0. The molecule has 0 saturated carbocycles. The summed E-state index contributed by atoms with van der Waals surface area (Å²) in [6.45, 7) is 28.0. The zero-order valence-corrected chi connectivity index (χ0v) is 41.8. The van der Waals surface area contributed by atoms with Crippen LogP contribution < -0.4 is 24.8 Å². The van der Waals surface area contributed by atoms with Crippen molar-refractivity contribution in [1.82, 2.24) is 0 Å². The summed E-state index contributed by atoms with van der Waals surface area (Å²) in [5.74, 6) is 0. The summed E-state index contributed by atoms with van der Waals surface area (Å²) in [6, 6.07) is 43.0. The molecule has 3 heteroatoms. The van der Waals surface area contributed by atoms with E-state index in [0.29, 0.717) is 0 Å². The molecule has 8 rings (SSSR count).